The molecule has 1 N–H and O–H groups in total. The minimum atomic E-state index is -3.70. The van der Waals surface area contributed by atoms with E-state index in [0.29, 0.717) is 6.54 Å². The molecule has 0 aliphatic heterocycles. The van der Waals surface area contributed by atoms with E-state index in [9.17, 15) is 13.2 Å². The molecule has 0 atom stereocenters. The predicted molar refractivity (Wildman–Crippen MR) is 88.2 cm³/mol. The van der Waals surface area contributed by atoms with E-state index in [2.05, 4.69) is 15.4 Å². The zero-order valence-electron chi connectivity index (χ0n) is 13.6. The minimum Gasteiger partial charge on any atom is -0.378 e. The fourth-order valence-electron chi connectivity index (χ4n) is 2.10. The molecule has 2 aromatic heterocycles. The molecule has 0 saturated carbocycles. The Balaban J connectivity index is 2.48. The van der Waals surface area contributed by atoms with Crippen LogP contribution in [-0.4, -0.2) is 29.4 Å². The van der Waals surface area contributed by atoms with Crippen molar-refractivity contribution < 1.29 is 8.42 Å². The lowest BCUT2D eigenvalue weighted by molar-refractivity contribution is 0.333. The molecule has 0 amide bonds. The van der Waals surface area contributed by atoms with Crippen molar-refractivity contribution in [3.05, 3.63) is 46.6 Å². The van der Waals surface area contributed by atoms with Crippen LogP contribution in [0.15, 0.2) is 40.4 Å². The minimum absolute atomic E-state index is 0.204. The van der Waals surface area contributed by atoms with E-state index < -0.39 is 20.9 Å². The predicted octanol–water partition coefficient (Wildman–Crippen LogP) is 1.41. The quantitative estimate of drug-likeness (QED) is 0.907. The normalized spacial score (nSPS) is 12.2. The van der Waals surface area contributed by atoms with Crippen LogP contribution in [-0.2, 0) is 21.9 Å². The monoisotopic (exact) mass is 336 g/mol. The van der Waals surface area contributed by atoms with Gasteiger partial charge < -0.3 is 5.32 Å². The number of nitrogens with one attached hydrogen (secondary N) is 1. The first-order valence-corrected chi connectivity index (χ1v) is 8.95. The van der Waals surface area contributed by atoms with Gasteiger partial charge in [0.2, 0.25) is 0 Å². The second kappa shape index (κ2) is 6.11. The highest BCUT2D eigenvalue weighted by Gasteiger charge is 2.25. The van der Waals surface area contributed by atoms with Gasteiger partial charge in [0.1, 0.15) is 0 Å². The Morgan fingerprint density at radius 3 is 2.35 bits per heavy atom. The van der Waals surface area contributed by atoms with Gasteiger partial charge in [-0.15, -0.1) is 0 Å². The largest absolute Gasteiger partial charge is 0.378 e. The van der Waals surface area contributed by atoms with E-state index in [0.717, 1.165) is 11.8 Å². The molecule has 0 aromatic carbocycles. The van der Waals surface area contributed by atoms with E-state index in [-0.39, 0.29) is 10.6 Å². The molecule has 2 rings (SSSR count). The average Bonchev–Trinajstić information content (AvgIpc) is 2.43. The number of anilines is 1. The molecule has 0 radical (unpaired) electrons. The first kappa shape index (κ1) is 17.1. The second-order valence-electron chi connectivity index (χ2n) is 6.26. The average molecular weight is 336 g/mol. The zero-order valence-corrected chi connectivity index (χ0v) is 14.4. The fourth-order valence-corrected chi connectivity index (χ4v) is 3.03. The van der Waals surface area contributed by atoms with E-state index in [1.54, 1.807) is 45.3 Å². The second-order valence-corrected chi connectivity index (χ2v) is 8.21. The number of hydrogen-bond acceptors (Lipinski definition) is 6. The van der Waals surface area contributed by atoms with Gasteiger partial charge >= 0.3 is 0 Å². The highest BCUT2D eigenvalue weighted by molar-refractivity contribution is 7.90. The maximum atomic E-state index is 12.6. The number of nitrogens with zero attached hydrogens (tertiary/aromatic N) is 3. The Kier molecular flexibility index (Phi) is 4.56. The number of hydrogen-bond donors (Lipinski definition) is 1. The Labute approximate surface area is 135 Å². The Morgan fingerprint density at radius 1 is 1.22 bits per heavy atom. The van der Waals surface area contributed by atoms with E-state index in [1.807, 2.05) is 0 Å². The fraction of sp³-hybridized carbons (Fsp3) is 0.400. The van der Waals surface area contributed by atoms with Crippen LogP contribution in [0.2, 0.25) is 0 Å². The summed E-state index contributed by atoms with van der Waals surface area (Å²) in [4.78, 5) is 16.2. The first-order chi connectivity index (χ1) is 10.6. The Hall–Kier alpha value is -2.22. The van der Waals surface area contributed by atoms with Crippen molar-refractivity contribution in [3.8, 4) is 0 Å². The molecular formula is C15H20N4O3S. The van der Waals surface area contributed by atoms with Crippen LogP contribution in [0.3, 0.4) is 0 Å². The summed E-state index contributed by atoms with van der Waals surface area (Å²) < 4.78 is 25.3. The molecule has 2 heterocycles. The van der Waals surface area contributed by atoms with Crippen molar-refractivity contribution in [2.75, 3.05) is 11.6 Å². The maximum Gasteiger partial charge on any atom is 0.288 e. The van der Waals surface area contributed by atoms with E-state index >= 15 is 0 Å². The molecule has 0 unspecified atom stereocenters. The summed E-state index contributed by atoms with van der Waals surface area (Å²) >= 11 is 0. The smallest absolute Gasteiger partial charge is 0.288 e. The van der Waals surface area contributed by atoms with Gasteiger partial charge in [-0.3, -0.25) is 9.78 Å². The summed E-state index contributed by atoms with van der Waals surface area (Å²) in [5.41, 5.74) is -0.117. The van der Waals surface area contributed by atoms with Crippen molar-refractivity contribution in [2.45, 2.75) is 37.8 Å². The van der Waals surface area contributed by atoms with Crippen molar-refractivity contribution in [1.82, 2.24) is 14.8 Å². The summed E-state index contributed by atoms with van der Waals surface area (Å²) in [6.07, 6.45) is 5.69. The van der Waals surface area contributed by atoms with Gasteiger partial charge in [-0.25, -0.2) is 13.1 Å². The summed E-state index contributed by atoms with van der Waals surface area (Å²) in [6, 6.07) is 3.61. The third-order valence-corrected chi connectivity index (χ3v) is 4.31. The molecule has 124 valence electrons. The van der Waals surface area contributed by atoms with Gasteiger partial charge in [0.05, 0.1) is 17.4 Å². The van der Waals surface area contributed by atoms with Crippen LogP contribution in [0.25, 0.3) is 0 Å². The zero-order chi connectivity index (χ0) is 17.3. The van der Waals surface area contributed by atoms with Gasteiger partial charge in [0.15, 0.2) is 14.7 Å². The molecule has 8 heteroatoms. The van der Waals surface area contributed by atoms with E-state index in [4.69, 9.17) is 0 Å². The van der Waals surface area contributed by atoms with Crippen molar-refractivity contribution in [1.29, 1.82) is 0 Å². The molecule has 0 spiro atoms. The van der Waals surface area contributed by atoms with Crippen LogP contribution in [0.5, 0.6) is 0 Å². The van der Waals surface area contributed by atoms with Crippen LogP contribution in [0.4, 0.5) is 5.69 Å². The maximum absolute atomic E-state index is 12.6. The van der Waals surface area contributed by atoms with Crippen LogP contribution < -0.4 is 10.9 Å². The lowest BCUT2D eigenvalue weighted by Crippen LogP contribution is -2.38. The molecular weight excluding hydrogens is 316 g/mol. The highest BCUT2D eigenvalue weighted by Crippen LogP contribution is 2.19. The summed E-state index contributed by atoms with van der Waals surface area (Å²) in [5, 5.41) is 7.07. The summed E-state index contributed by atoms with van der Waals surface area (Å²) in [7, 11) is -3.70. The van der Waals surface area contributed by atoms with Gasteiger partial charge in [-0.05, 0) is 38.5 Å². The van der Waals surface area contributed by atoms with Gasteiger partial charge in [0, 0.05) is 25.2 Å². The van der Waals surface area contributed by atoms with Crippen LogP contribution in [0.1, 0.15) is 26.3 Å². The van der Waals surface area contributed by atoms with Crippen LogP contribution in [0, 0.1) is 0 Å². The lowest BCUT2D eigenvalue weighted by Gasteiger charge is -2.22. The third-order valence-electron chi connectivity index (χ3n) is 3.17. The number of sulfone groups is 1. The van der Waals surface area contributed by atoms with Crippen molar-refractivity contribution in [2.24, 2.45) is 0 Å². The molecule has 0 saturated heterocycles. The Bertz CT molecular complexity index is 853. The first-order valence-electron chi connectivity index (χ1n) is 7.06. The summed E-state index contributed by atoms with van der Waals surface area (Å²) in [5.74, 6) is 0. The van der Waals surface area contributed by atoms with Gasteiger partial charge in [-0.1, -0.05) is 0 Å². The standard InChI is InChI=1S/C15H20N4O3S/c1-15(2,3)19-14(20)13(23(4,21)22)12(10-18-19)17-9-11-5-7-16-8-6-11/h5-8,10,17H,9H2,1-4H3. The third kappa shape index (κ3) is 3.95. The summed E-state index contributed by atoms with van der Waals surface area (Å²) in [6.45, 7) is 5.73. The van der Waals surface area contributed by atoms with Crippen molar-refractivity contribution in [3.63, 3.8) is 0 Å². The molecule has 7 nitrogen and oxygen atoms in total. The number of rotatable bonds is 4. The highest BCUT2D eigenvalue weighted by atomic mass is 32.2. The molecule has 2 aromatic rings. The van der Waals surface area contributed by atoms with Crippen molar-refractivity contribution >= 4 is 15.5 Å². The van der Waals surface area contributed by atoms with Gasteiger partial charge in [-0.2, -0.15) is 5.10 Å². The topological polar surface area (TPSA) is 93.9 Å². The van der Waals surface area contributed by atoms with E-state index in [1.165, 1.54) is 10.9 Å². The lowest BCUT2D eigenvalue weighted by atomic mass is 10.1. The molecule has 0 aliphatic carbocycles. The molecule has 23 heavy (non-hydrogen) atoms. The molecule has 0 bridgehead atoms. The number of aromatic nitrogens is 3. The molecule has 0 fully saturated rings. The SMILES string of the molecule is CC(C)(C)n1ncc(NCc2ccncc2)c(S(C)(=O)=O)c1=O. The molecule has 0 aliphatic rings. The Morgan fingerprint density at radius 2 is 1.83 bits per heavy atom. The van der Waals surface area contributed by atoms with Crippen LogP contribution >= 0.6 is 0 Å². The number of pyridine rings is 1. The van der Waals surface area contributed by atoms with Gasteiger partial charge in [0.25, 0.3) is 5.56 Å².